The van der Waals surface area contributed by atoms with Crippen molar-refractivity contribution in [3.63, 3.8) is 0 Å². The maximum atomic E-state index is 6.59. The summed E-state index contributed by atoms with van der Waals surface area (Å²) in [5.74, 6) is 0. The van der Waals surface area contributed by atoms with E-state index in [-0.39, 0.29) is 0 Å². The van der Waals surface area contributed by atoms with Crippen LogP contribution in [-0.2, 0) is 0 Å². The monoisotopic (exact) mass is 664 g/mol. The summed E-state index contributed by atoms with van der Waals surface area (Å²) < 4.78 is 16.5. The Morgan fingerprint density at radius 1 is 0.429 bits per heavy atom. The predicted molar refractivity (Wildman–Crippen MR) is 207 cm³/mol. The Balaban J connectivity index is 1.12. The number of furan rings is 2. The molecule has 0 fully saturated rings. The van der Waals surface area contributed by atoms with E-state index in [2.05, 4.69) is 132 Å². The highest BCUT2D eigenvalue weighted by Gasteiger charge is 2.20. The van der Waals surface area contributed by atoms with Crippen molar-refractivity contribution in [2.75, 3.05) is 4.90 Å². The number of rotatable bonds is 4. The van der Waals surface area contributed by atoms with E-state index >= 15 is 0 Å². The Hall–Kier alpha value is -5.95. The van der Waals surface area contributed by atoms with Gasteiger partial charge in [-0.05, 0) is 66.7 Å². The van der Waals surface area contributed by atoms with E-state index < -0.39 is 0 Å². The highest BCUT2D eigenvalue weighted by Crippen LogP contribution is 2.45. The molecule has 0 aliphatic carbocycles. The highest BCUT2D eigenvalue weighted by molar-refractivity contribution is 7.25. The quantitative estimate of drug-likeness (QED) is 0.188. The van der Waals surface area contributed by atoms with Crippen LogP contribution in [-0.4, -0.2) is 4.98 Å². The fourth-order valence-electron chi connectivity index (χ4n) is 7.24. The van der Waals surface area contributed by atoms with Crippen LogP contribution < -0.4 is 4.90 Å². The Labute approximate surface area is 287 Å². The fraction of sp³-hybridized carbons (Fsp3) is 0. The zero-order valence-corrected chi connectivity index (χ0v) is 27.5. The average molecular weight is 665 g/mol. The van der Waals surface area contributed by atoms with Gasteiger partial charge in [0.1, 0.15) is 27.3 Å². The van der Waals surface area contributed by atoms with Crippen molar-refractivity contribution < 1.29 is 8.83 Å². The summed E-state index contributed by atoms with van der Waals surface area (Å²) in [6.45, 7) is 0. The van der Waals surface area contributed by atoms with E-state index in [1.54, 1.807) is 11.3 Å². The number of benzene rings is 7. The van der Waals surface area contributed by atoms with Gasteiger partial charge < -0.3 is 13.7 Å². The fourth-order valence-corrected chi connectivity index (χ4v) is 9.36. The van der Waals surface area contributed by atoms with Gasteiger partial charge in [0, 0.05) is 65.0 Å². The molecule has 0 spiro atoms. The summed E-state index contributed by atoms with van der Waals surface area (Å²) in [5, 5.41) is 7.89. The summed E-state index contributed by atoms with van der Waals surface area (Å²) >= 11 is 3.55. The van der Waals surface area contributed by atoms with Gasteiger partial charge in [-0.1, -0.05) is 72.8 Å². The summed E-state index contributed by atoms with van der Waals surface area (Å²) in [4.78, 5) is 7.45. The number of hydrogen-bond acceptors (Lipinski definition) is 6. The van der Waals surface area contributed by atoms with E-state index in [0.717, 1.165) is 81.7 Å². The van der Waals surface area contributed by atoms with Gasteiger partial charge in [-0.3, -0.25) is 0 Å². The van der Waals surface area contributed by atoms with Crippen molar-refractivity contribution in [2.45, 2.75) is 0 Å². The second kappa shape index (κ2) is 10.3. The van der Waals surface area contributed by atoms with Crippen LogP contribution in [0, 0.1) is 0 Å². The van der Waals surface area contributed by atoms with Gasteiger partial charge in [0.25, 0.3) is 0 Å². The summed E-state index contributed by atoms with van der Waals surface area (Å²) in [5.41, 5.74) is 8.68. The molecule has 7 aromatic carbocycles. The first kappa shape index (κ1) is 27.0. The number of thiazole rings is 1. The van der Waals surface area contributed by atoms with Crippen LogP contribution in [0.5, 0.6) is 0 Å². The molecule has 4 aromatic heterocycles. The largest absolute Gasteiger partial charge is 0.456 e. The van der Waals surface area contributed by atoms with E-state index in [9.17, 15) is 0 Å². The molecule has 6 heteroatoms. The van der Waals surface area contributed by atoms with Crippen LogP contribution >= 0.6 is 22.7 Å². The molecule has 0 bridgehead atoms. The molecule has 0 atom stereocenters. The Kier molecular flexibility index (Phi) is 5.67. The van der Waals surface area contributed by atoms with Crippen LogP contribution in [0.25, 0.3) is 84.8 Å². The van der Waals surface area contributed by atoms with Crippen molar-refractivity contribution >= 4 is 114 Å². The molecule has 0 unspecified atom stereocenters. The lowest BCUT2D eigenvalue weighted by Crippen LogP contribution is -2.09. The van der Waals surface area contributed by atoms with Crippen LogP contribution in [0.2, 0.25) is 0 Å². The SMILES string of the molecule is c1ccc(-c2nc3c(ccc4oc5cc(N(c6ccc7c(c6)sc6ccccc67)c6ccc7oc8ccccc8c7c6)ccc5c43)s2)cc1. The van der Waals surface area contributed by atoms with Crippen LogP contribution in [0.1, 0.15) is 0 Å². The minimum absolute atomic E-state index is 0.831. The predicted octanol–water partition coefficient (Wildman–Crippen LogP) is 13.6. The molecule has 0 aliphatic rings. The molecule has 11 rings (SSSR count). The average Bonchev–Trinajstić information content (AvgIpc) is 3.92. The molecule has 0 saturated heterocycles. The maximum absolute atomic E-state index is 6.59. The number of hydrogen-bond donors (Lipinski definition) is 0. The van der Waals surface area contributed by atoms with Crippen LogP contribution in [0.4, 0.5) is 17.1 Å². The molecule has 0 N–H and O–H groups in total. The van der Waals surface area contributed by atoms with E-state index in [1.165, 1.54) is 20.2 Å². The number of fused-ring (bicyclic) bond motifs is 11. The number of para-hydroxylation sites is 1. The molecule has 4 nitrogen and oxygen atoms in total. The smallest absolute Gasteiger partial charge is 0.137 e. The Morgan fingerprint density at radius 2 is 1.10 bits per heavy atom. The van der Waals surface area contributed by atoms with Crippen LogP contribution in [0.15, 0.2) is 154 Å². The van der Waals surface area contributed by atoms with Gasteiger partial charge >= 0.3 is 0 Å². The molecular weight excluding hydrogens is 641 g/mol. The molecule has 49 heavy (non-hydrogen) atoms. The molecule has 0 aliphatic heterocycles. The lowest BCUT2D eigenvalue weighted by molar-refractivity contribution is 0.668. The number of thiophene rings is 1. The minimum Gasteiger partial charge on any atom is -0.456 e. The standard InChI is InChI=1S/C43H24N2O2S2/c1-2-8-25(9-3-1)43-44-42-39(49-43)21-20-36-41(42)32-18-15-27(23-37(32)47-36)45(26-16-19-35-33(22-26)29-10-4-6-12-34(29)46-35)28-14-17-31-30-11-5-7-13-38(30)48-40(31)24-28/h1-24H. The van der Waals surface area contributed by atoms with E-state index in [0.29, 0.717) is 0 Å². The summed E-state index contributed by atoms with van der Waals surface area (Å²) in [7, 11) is 0. The lowest BCUT2D eigenvalue weighted by atomic mass is 10.1. The van der Waals surface area contributed by atoms with Gasteiger partial charge in [0.2, 0.25) is 0 Å². The lowest BCUT2D eigenvalue weighted by Gasteiger charge is -2.25. The molecule has 0 radical (unpaired) electrons. The van der Waals surface area contributed by atoms with E-state index in [1.807, 2.05) is 29.5 Å². The molecule has 0 amide bonds. The third-order valence-electron chi connectivity index (χ3n) is 9.50. The first-order chi connectivity index (χ1) is 24.2. The normalized spacial score (nSPS) is 12.1. The first-order valence-corrected chi connectivity index (χ1v) is 17.8. The second-order valence-corrected chi connectivity index (χ2v) is 14.5. The number of anilines is 3. The zero-order valence-electron chi connectivity index (χ0n) is 25.9. The van der Waals surface area contributed by atoms with Gasteiger partial charge in [-0.2, -0.15) is 0 Å². The van der Waals surface area contributed by atoms with E-state index in [4.69, 9.17) is 13.8 Å². The first-order valence-electron chi connectivity index (χ1n) is 16.2. The Bertz CT molecular complexity index is 3080. The molecule has 4 heterocycles. The van der Waals surface area contributed by atoms with Crippen LogP contribution in [0.3, 0.4) is 0 Å². The van der Waals surface area contributed by atoms with Gasteiger partial charge in [-0.15, -0.1) is 22.7 Å². The van der Waals surface area contributed by atoms with Gasteiger partial charge in [0.05, 0.1) is 15.6 Å². The van der Waals surface area contributed by atoms with Crippen molar-refractivity contribution in [3.05, 3.63) is 146 Å². The summed E-state index contributed by atoms with van der Waals surface area (Å²) in [6.07, 6.45) is 0. The molecule has 11 aromatic rings. The third kappa shape index (κ3) is 4.11. The number of nitrogens with zero attached hydrogens (tertiary/aromatic N) is 2. The second-order valence-electron chi connectivity index (χ2n) is 12.3. The van der Waals surface area contributed by atoms with Crippen molar-refractivity contribution in [2.24, 2.45) is 0 Å². The minimum atomic E-state index is 0.831. The third-order valence-corrected chi connectivity index (χ3v) is 11.7. The molecular formula is C43H24N2O2S2. The number of aromatic nitrogens is 1. The maximum Gasteiger partial charge on any atom is 0.137 e. The van der Waals surface area contributed by atoms with Crippen molar-refractivity contribution in [1.29, 1.82) is 0 Å². The topological polar surface area (TPSA) is 42.4 Å². The molecule has 230 valence electrons. The van der Waals surface area contributed by atoms with Crippen molar-refractivity contribution in [3.8, 4) is 10.6 Å². The Morgan fingerprint density at radius 3 is 2.02 bits per heavy atom. The molecule has 0 saturated carbocycles. The van der Waals surface area contributed by atoms with Gasteiger partial charge in [-0.25, -0.2) is 4.98 Å². The highest BCUT2D eigenvalue weighted by atomic mass is 32.1. The van der Waals surface area contributed by atoms with Crippen molar-refractivity contribution in [1.82, 2.24) is 4.98 Å². The van der Waals surface area contributed by atoms with Gasteiger partial charge in [0.15, 0.2) is 0 Å². The zero-order chi connectivity index (χ0) is 32.1. The summed E-state index contributed by atoms with van der Waals surface area (Å²) in [6, 6.07) is 51.3.